The highest BCUT2D eigenvalue weighted by Crippen LogP contribution is 2.34. The first-order valence-corrected chi connectivity index (χ1v) is 10.8. The van der Waals surface area contributed by atoms with Gasteiger partial charge in [0.15, 0.2) is 5.16 Å². The number of aromatic nitrogens is 3. The number of halogens is 1. The normalized spacial score (nSPS) is 12.7. The minimum absolute atomic E-state index is 0.308. The maximum absolute atomic E-state index is 13.2. The summed E-state index contributed by atoms with van der Waals surface area (Å²) in [5, 5.41) is 8.60. The third-order valence-electron chi connectivity index (χ3n) is 4.97. The van der Waals surface area contributed by atoms with Gasteiger partial charge in [0.1, 0.15) is 17.0 Å². The molecule has 0 aliphatic carbocycles. The number of anilines is 1. The van der Waals surface area contributed by atoms with Gasteiger partial charge in [-0.25, -0.2) is 4.98 Å². The number of carbonyl (C=O) groups excluding carboxylic acids is 1. The second-order valence-electron chi connectivity index (χ2n) is 6.89. The van der Waals surface area contributed by atoms with E-state index in [0.29, 0.717) is 33.3 Å². The zero-order valence-corrected chi connectivity index (χ0v) is 17.6. The summed E-state index contributed by atoms with van der Waals surface area (Å²) >= 11 is 8.06. The molecule has 1 aliphatic heterocycles. The Bertz CT molecular complexity index is 1240. The van der Waals surface area contributed by atoms with E-state index in [-0.39, 0.29) is 5.91 Å². The number of rotatable bonds is 4. The molecule has 150 valence electrons. The Balaban J connectivity index is 1.50. The zero-order chi connectivity index (χ0) is 20.7. The molecule has 2 aromatic carbocycles. The van der Waals surface area contributed by atoms with E-state index in [1.807, 2.05) is 48.7 Å². The Morgan fingerprint density at radius 3 is 2.73 bits per heavy atom. The van der Waals surface area contributed by atoms with Crippen molar-refractivity contribution in [2.75, 3.05) is 11.1 Å². The van der Waals surface area contributed by atoms with Crippen LogP contribution in [0.4, 0.5) is 5.69 Å². The molecule has 0 radical (unpaired) electrons. The third kappa shape index (κ3) is 3.30. The lowest BCUT2D eigenvalue weighted by Crippen LogP contribution is -2.14. The number of carbonyl (C=O) groups is 1. The quantitative estimate of drug-likeness (QED) is 0.455. The first-order valence-electron chi connectivity index (χ1n) is 9.43. The summed E-state index contributed by atoms with van der Waals surface area (Å²) in [7, 11) is 0. The van der Waals surface area contributed by atoms with Crippen LogP contribution < -0.4 is 5.32 Å². The first-order chi connectivity index (χ1) is 14.6. The smallest absolute Gasteiger partial charge is 0.261 e. The number of benzene rings is 2. The van der Waals surface area contributed by atoms with Crippen LogP contribution in [0.2, 0.25) is 5.02 Å². The number of imidazole rings is 1. The van der Waals surface area contributed by atoms with Crippen LogP contribution in [0.1, 0.15) is 16.1 Å². The van der Waals surface area contributed by atoms with Gasteiger partial charge in [-0.2, -0.15) is 0 Å². The lowest BCUT2D eigenvalue weighted by Gasteiger charge is -2.10. The van der Waals surface area contributed by atoms with E-state index in [0.717, 1.165) is 28.7 Å². The molecule has 6 nitrogen and oxygen atoms in total. The van der Waals surface area contributed by atoms with Crippen molar-refractivity contribution in [1.82, 2.24) is 14.7 Å². The fourth-order valence-corrected chi connectivity index (χ4v) is 4.68. The highest BCUT2D eigenvalue weighted by Gasteiger charge is 2.24. The number of thioether (sulfide) groups is 1. The van der Waals surface area contributed by atoms with Gasteiger partial charge in [0.25, 0.3) is 5.91 Å². The average molecular weight is 437 g/mol. The van der Waals surface area contributed by atoms with E-state index in [4.69, 9.17) is 21.1 Å². The number of nitrogens with one attached hydrogen (secondary N) is 1. The Morgan fingerprint density at radius 1 is 1.17 bits per heavy atom. The molecule has 2 aromatic heterocycles. The number of aryl methyl sites for hydroxylation is 2. The van der Waals surface area contributed by atoms with Gasteiger partial charge >= 0.3 is 0 Å². The SMILES string of the molecule is Cc1onc(-c2ccccc2Cl)c1C(=O)Nc1ccccc1-c1cn2c(n1)SCC2. The van der Waals surface area contributed by atoms with Crippen LogP contribution in [0, 0.1) is 6.92 Å². The molecule has 5 rings (SSSR count). The molecular formula is C22H17ClN4O2S. The molecule has 8 heteroatoms. The molecule has 0 atom stereocenters. The molecule has 0 saturated heterocycles. The van der Waals surface area contributed by atoms with E-state index < -0.39 is 0 Å². The van der Waals surface area contributed by atoms with E-state index in [1.165, 1.54) is 0 Å². The average Bonchev–Trinajstić information content (AvgIpc) is 3.43. The van der Waals surface area contributed by atoms with Crippen molar-refractivity contribution in [2.45, 2.75) is 18.6 Å². The van der Waals surface area contributed by atoms with Gasteiger partial charge in [-0.15, -0.1) is 0 Å². The summed E-state index contributed by atoms with van der Waals surface area (Å²) in [6, 6.07) is 14.9. The van der Waals surface area contributed by atoms with Crippen molar-refractivity contribution in [1.29, 1.82) is 0 Å². The Kier molecular flexibility index (Phi) is 4.84. The van der Waals surface area contributed by atoms with Gasteiger partial charge < -0.3 is 14.4 Å². The maximum atomic E-state index is 13.2. The summed E-state index contributed by atoms with van der Waals surface area (Å²) in [4.78, 5) is 18.0. The molecule has 1 amide bonds. The molecule has 3 heterocycles. The van der Waals surface area contributed by atoms with Crippen molar-refractivity contribution < 1.29 is 9.32 Å². The third-order valence-corrected chi connectivity index (χ3v) is 6.27. The highest BCUT2D eigenvalue weighted by atomic mass is 35.5. The summed E-state index contributed by atoms with van der Waals surface area (Å²) in [6.45, 7) is 2.66. The number of hydrogen-bond acceptors (Lipinski definition) is 5. The number of para-hydroxylation sites is 1. The fraction of sp³-hybridized carbons (Fsp3) is 0.136. The summed E-state index contributed by atoms with van der Waals surface area (Å²) in [5.41, 5.74) is 3.81. The van der Waals surface area contributed by atoms with Crippen molar-refractivity contribution in [3.8, 4) is 22.5 Å². The van der Waals surface area contributed by atoms with Crippen LogP contribution in [0.3, 0.4) is 0 Å². The minimum Gasteiger partial charge on any atom is -0.360 e. The Morgan fingerprint density at radius 2 is 1.93 bits per heavy atom. The van der Waals surface area contributed by atoms with Gasteiger partial charge in [0.2, 0.25) is 0 Å². The standard InChI is InChI=1S/C22H17ClN4O2S/c1-13-19(20(26-29-13)14-6-2-4-8-16(14)23)21(28)24-17-9-5-3-7-15(17)18-12-27-10-11-30-22(27)25-18/h2-9,12H,10-11H2,1H3,(H,24,28). The van der Waals surface area contributed by atoms with Crippen LogP contribution in [0.25, 0.3) is 22.5 Å². The number of hydrogen-bond donors (Lipinski definition) is 1. The predicted molar refractivity (Wildman–Crippen MR) is 118 cm³/mol. The van der Waals surface area contributed by atoms with E-state index in [2.05, 4.69) is 15.0 Å². The van der Waals surface area contributed by atoms with Crippen LogP contribution >= 0.6 is 23.4 Å². The number of fused-ring (bicyclic) bond motifs is 1. The van der Waals surface area contributed by atoms with Crippen LogP contribution in [-0.2, 0) is 6.54 Å². The molecule has 30 heavy (non-hydrogen) atoms. The molecule has 0 spiro atoms. The van der Waals surface area contributed by atoms with Crippen LogP contribution in [0.5, 0.6) is 0 Å². The second kappa shape index (κ2) is 7.66. The van der Waals surface area contributed by atoms with Crippen LogP contribution in [0.15, 0.2) is 64.4 Å². The van der Waals surface area contributed by atoms with E-state index in [9.17, 15) is 4.79 Å². The second-order valence-corrected chi connectivity index (χ2v) is 8.36. The lowest BCUT2D eigenvalue weighted by molar-refractivity contribution is 0.102. The minimum atomic E-state index is -0.308. The van der Waals surface area contributed by atoms with E-state index in [1.54, 1.807) is 24.8 Å². The van der Waals surface area contributed by atoms with E-state index >= 15 is 0 Å². The number of nitrogens with zero attached hydrogens (tertiary/aromatic N) is 3. The Hall–Kier alpha value is -3.03. The van der Waals surface area contributed by atoms with Crippen LogP contribution in [-0.4, -0.2) is 26.4 Å². The lowest BCUT2D eigenvalue weighted by atomic mass is 10.0. The topological polar surface area (TPSA) is 73.0 Å². The zero-order valence-electron chi connectivity index (χ0n) is 16.1. The number of amides is 1. The molecule has 4 aromatic rings. The first kappa shape index (κ1) is 19.0. The van der Waals surface area contributed by atoms with Crippen molar-refractivity contribution in [3.05, 3.63) is 71.1 Å². The molecule has 0 saturated carbocycles. The summed E-state index contributed by atoms with van der Waals surface area (Å²) in [5.74, 6) is 1.16. The van der Waals surface area contributed by atoms with Gasteiger partial charge in [-0.1, -0.05) is 64.9 Å². The summed E-state index contributed by atoms with van der Waals surface area (Å²) in [6.07, 6.45) is 2.03. The largest absolute Gasteiger partial charge is 0.360 e. The molecule has 0 fully saturated rings. The van der Waals surface area contributed by atoms with Gasteiger partial charge in [-0.3, -0.25) is 4.79 Å². The predicted octanol–water partition coefficient (Wildman–Crippen LogP) is 5.52. The summed E-state index contributed by atoms with van der Waals surface area (Å²) < 4.78 is 7.47. The highest BCUT2D eigenvalue weighted by molar-refractivity contribution is 7.99. The van der Waals surface area contributed by atoms with Gasteiger partial charge in [-0.05, 0) is 19.1 Å². The molecule has 0 unspecified atom stereocenters. The Labute approximate surface area is 182 Å². The van der Waals surface area contributed by atoms with Gasteiger partial charge in [0, 0.05) is 29.6 Å². The molecule has 1 N–H and O–H groups in total. The molecule has 1 aliphatic rings. The van der Waals surface area contributed by atoms with Crippen molar-refractivity contribution in [2.24, 2.45) is 0 Å². The fourth-order valence-electron chi connectivity index (χ4n) is 3.52. The maximum Gasteiger partial charge on any atom is 0.261 e. The van der Waals surface area contributed by atoms with Crippen molar-refractivity contribution in [3.63, 3.8) is 0 Å². The monoisotopic (exact) mass is 436 g/mol. The van der Waals surface area contributed by atoms with Gasteiger partial charge in [0.05, 0.1) is 16.4 Å². The molecule has 0 bridgehead atoms. The van der Waals surface area contributed by atoms with Crippen molar-refractivity contribution >= 4 is 35.0 Å². The molecular weight excluding hydrogens is 420 g/mol.